The van der Waals surface area contributed by atoms with E-state index in [1.807, 2.05) is 36.4 Å². The number of amides is 1. The molecule has 3 aromatic rings. The fourth-order valence-electron chi connectivity index (χ4n) is 2.73. The first-order valence-corrected chi connectivity index (χ1v) is 9.75. The Kier molecular flexibility index (Phi) is 6.16. The summed E-state index contributed by atoms with van der Waals surface area (Å²) in [6.45, 7) is 6.50. The first-order valence-electron chi connectivity index (χ1n) is 9.75. The quantitative estimate of drug-likeness (QED) is 0.396. The number of nitrogen functional groups attached to an aromatic ring is 1. The SMILES string of the molecule is CN(c1ccc(N=Nc2ccc(C(=O)Nc3ccccc3N)cc2)cc1)C(C)(C)C. The number of benzene rings is 3. The average Bonchev–Trinajstić information content (AvgIpc) is 2.73. The summed E-state index contributed by atoms with van der Waals surface area (Å²) in [6, 6.07) is 22.0. The minimum atomic E-state index is -0.227. The van der Waals surface area contributed by atoms with Gasteiger partial charge in [-0.3, -0.25) is 4.79 Å². The summed E-state index contributed by atoms with van der Waals surface area (Å²) < 4.78 is 0. The van der Waals surface area contributed by atoms with E-state index < -0.39 is 0 Å². The fraction of sp³-hybridized carbons (Fsp3) is 0.208. The van der Waals surface area contributed by atoms with Crippen LogP contribution in [0, 0.1) is 0 Å². The Morgan fingerprint density at radius 3 is 1.93 bits per heavy atom. The Balaban J connectivity index is 1.64. The molecule has 0 atom stereocenters. The average molecular weight is 402 g/mol. The second-order valence-electron chi connectivity index (χ2n) is 8.03. The Morgan fingerprint density at radius 2 is 1.40 bits per heavy atom. The highest BCUT2D eigenvalue weighted by Crippen LogP contribution is 2.26. The first kappa shape index (κ1) is 21.0. The number of carbonyl (C=O) groups is 1. The van der Waals surface area contributed by atoms with E-state index in [4.69, 9.17) is 5.73 Å². The van der Waals surface area contributed by atoms with Crippen molar-refractivity contribution in [2.45, 2.75) is 26.3 Å². The van der Waals surface area contributed by atoms with Gasteiger partial charge in [0.15, 0.2) is 0 Å². The number of carbonyl (C=O) groups excluding carboxylic acids is 1. The third-order valence-electron chi connectivity index (χ3n) is 4.86. The number of azo groups is 1. The molecule has 0 fully saturated rings. The highest BCUT2D eigenvalue weighted by atomic mass is 16.1. The summed E-state index contributed by atoms with van der Waals surface area (Å²) in [5.74, 6) is -0.227. The van der Waals surface area contributed by atoms with Crippen LogP contribution < -0.4 is 16.0 Å². The minimum Gasteiger partial charge on any atom is -0.397 e. The fourth-order valence-corrected chi connectivity index (χ4v) is 2.73. The van der Waals surface area contributed by atoms with Gasteiger partial charge in [-0.15, -0.1) is 0 Å². The highest BCUT2D eigenvalue weighted by molar-refractivity contribution is 6.05. The van der Waals surface area contributed by atoms with Gasteiger partial charge < -0.3 is 16.0 Å². The van der Waals surface area contributed by atoms with E-state index in [-0.39, 0.29) is 11.4 Å². The first-order chi connectivity index (χ1) is 14.2. The molecule has 0 aliphatic rings. The van der Waals surface area contributed by atoms with Gasteiger partial charge in [0.25, 0.3) is 5.91 Å². The second kappa shape index (κ2) is 8.78. The van der Waals surface area contributed by atoms with Crippen LogP contribution in [0.3, 0.4) is 0 Å². The summed E-state index contributed by atoms with van der Waals surface area (Å²) in [6.07, 6.45) is 0. The van der Waals surface area contributed by atoms with Gasteiger partial charge in [-0.05, 0) is 81.4 Å². The van der Waals surface area contributed by atoms with Crippen molar-refractivity contribution in [2.24, 2.45) is 10.2 Å². The van der Waals surface area contributed by atoms with Gasteiger partial charge >= 0.3 is 0 Å². The lowest BCUT2D eigenvalue weighted by Crippen LogP contribution is -2.37. The molecule has 30 heavy (non-hydrogen) atoms. The highest BCUT2D eigenvalue weighted by Gasteiger charge is 2.17. The van der Waals surface area contributed by atoms with Gasteiger partial charge in [0.1, 0.15) is 0 Å². The molecule has 1 amide bonds. The lowest BCUT2D eigenvalue weighted by atomic mass is 10.1. The molecule has 0 spiro atoms. The summed E-state index contributed by atoms with van der Waals surface area (Å²) in [7, 11) is 2.07. The van der Waals surface area contributed by atoms with Crippen molar-refractivity contribution in [1.29, 1.82) is 0 Å². The molecule has 3 rings (SSSR count). The van der Waals surface area contributed by atoms with Crippen LogP contribution in [0.1, 0.15) is 31.1 Å². The molecule has 0 aliphatic heterocycles. The Hall–Kier alpha value is -3.67. The molecule has 0 bridgehead atoms. The lowest BCUT2D eigenvalue weighted by molar-refractivity contribution is 0.102. The van der Waals surface area contributed by atoms with Crippen molar-refractivity contribution >= 4 is 34.3 Å². The zero-order valence-corrected chi connectivity index (χ0v) is 17.8. The Labute approximate surface area is 177 Å². The summed E-state index contributed by atoms with van der Waals surface area (Å²) >= 11 is 0. The van der Waals surface area contributed by atoms with E-state index in [0.717, 1.165) is 11.4 Å². The van der Waals surface area contributed by atoms with Crippen LogP contribution in [0.15, 0.2) is 83.0 Å². The predicted molar refractivity (Wildman–Crippen MR) is 124 cm³/mol. The summed E-state index contributed by atoms with van der Waals surface area (Å²) in [5, 5.41) is 11.3. The number of para-hydroxylation sites is 2. The van der Waals surface area contributed by atoms with Crippen LogP contribution in [0.25, 0.3) is 0 Å². The molecule has 0 unspecified atom stereocenters. The van der Waals surface area contributed by atoms with Crippen molar-refractivity contribution in [3.63, 3.8) is 0 Å². The molecular weight excluding hydrogens is 374 g/mol. The molecule has 0 radical (unpaired) electrons. The van der Waals surface area contributed by atoms with Gasteiger partial charge in [0.05, 0.1) is 22.7 Å². The van der Waals surface area contributed by atoms with Crippen molar-refractivity contribution in [1.82, 2.24) is 0 Å². The lowest BCUT2D eigenvalue weighted by Gasteiger charge is -2.34. The smallest absolute Gasteiger partial charge is 0.255 e. The molecular formula is C24H27N5O. The van der Waals surface area contributed by atoms with Crippen LogP contribution in [0.4, 0.5) is 28.4 Å². The maximum atomic E-state index is 12.4. The molecule has 154 valence electrons. The zero-order valence-electron chi connectivity index (χ0n) is 17.8. The molecule has 6 nitrogen and oxygen atoms in total. The van der Waals surface area contributed by atoms with E-state index >= 15 is 0 Å². The molecule has 0 heterocycles. The van der Waals surface area contributed by atoms with Crippen LogP contribution in [-0.4, -0.2) is 18.5 Å². The normalized spacial score (nSPS) is 11.5. The molecule has 0 saturated carbocycles. The van der Waals surface area contributed by atoms with Crippen LogP contribution in [-0.2, 0) is 0 Å². The molecule has 3 N–H and O–H groups in total. The van der Waals surface area contributed by atoms with E-state index in [0.29, 0.717) is 22.6 Å². The number of nitrogens with zero attached hydrogens (tertiary/aromatic N) is 3. The monoisotopic (exact) mass is 401 g/mol. The Bertz CT molecular complexity index is 1030. The van der Waals surface area contributed by atoms with Gasteiger partial charge in [0.2, 0.25) is 0 Å². The molecule has 6 heteroatoms. The number of nitrogens with two attached hydrogens (primary N) is 1. The topological polar surface area (TPSA) is 83.1 Å². The third kappa shape index (κ3) is 5.23. The number of hydrogen-bond acceptors (Lipinski definition) is 5. The standard InChI is InChI=1S/C24H27N5O/c1-24(2,3)29(4)20-15-13-19(14-16-20)28-27-18-11-9-17(10-12-18)23(30)26-22-8-6-5-7-21(22)25/h5-16H,25H2,1-4H3,(H,26,30). The molecule has 0 saturated heterocycles. The van der Waals surface area contributed by atoms with Gasteiger partial charge in [-0.2, -0.15) is 10.2 Å². The van der Waals surface area contributed by atoms with E-state index in [1.54, 1.807) is 36.4 Å². The van der Waals surface area contributed by atoms with E-state index in [9.17, 15) is 4.79 Å². The van der Waals surface area contributed by atoms with Gasteiger partial charge in [-0.25, -0.2) is 0 Å². The minimum absolute atomic E-state index is 0.0449. The maximum Gasteiger partial charge on any atom is 0.255 e. The van der Waals surface area contributed by atoms with E-state index in [1.165, 1.54) is 0 Å². The molecule has 0 aliphatic carbocycles. The Morgan fingerprint density at radius 1 is 0.867 bits per heavy atom. The number of anilines is 3. The number of hydrogen-bond donors (Lipinski definition) is 2. The number of nitrogens with one attached hydrogen (secondary N) is 1. The van der Waals surface area contributed by atoms with Gasteiger partial charge in [-0.1, -0.05) is 12.1 Å². The predicted octanol–water partition coefficient (Wildman–Crippen LogP) is 6.17. The van der Waals surface area contributed by atoms with Crippen molar-refractivity contribution in [3.8, 4) is 0 Å². The largest absolute Gasteiger partial charge is 0.397 e. The zero-order chi connectivity index (χ0) is 21.7. The van der Waals surface area contributed by atoms with E-state index in [2.05, 4.69) is 48.3 Å². The van der Waals surface area contributed by atoms with Crippen LogP contribution >= 0.6 is 0 Å². The van der Waals surface area contributed by atoms with Crippen LogP contribution in [0.5, 0.6) is 0 Å². The molecule has 3 aromatic carbocycles. The maximum absolute atomic E-state index is 12.4. The molecule has 0 aromatic heterocycles. The van der Waals surface area contributed by atoms with Gasteiger partial charge in [0, 0.05) is 23.8 Å². The second-order valence-corrected chi connectivity index (χ2v) is 8.03. The summed E-state index contributed by atoms with van der Waals surface area (Å²) in [4.78, 5) is 14.6. The van der Waals surface area contributed by atoms with Crippen molar-refractivity contribution in [2.75, 3.05) is 23.0 Å². The van der Waals surface area contributed by atoms with Crippen LogP contribution in [0.2, 0.25) is 0 Å². The van der Waals surface area contributed by atoms with Crippen molar-refractivity contribution < 1.29 is 4.79 Å². The summed E-state index contributed by atoms with van der Waals surface area (Å²) in [5.41, 5.74) is 10.1. The number of rotatable bonds is 5. The third-order valence-corrected chi connectivity index (χ3v) is 4.86. The van der Waals surface area contributed by atoms with Crippen molar-refractivity contribution in [3.05, 3.63) is 78.4 Å².